The van der Waals surface area contributed by atoms with E-state index in [2.05, 4.69) is 4.98 Å². The quantitative estimate of drug-likeness (QED) is 0.659. The van der Waals surface area contributed by atoms with Crippen molar-refractivity contribution >= 4 is 15.7 Å². The molecule has 1 fully saturated rings. The number of aliphatic hydroxyl groups is 1. The Hall–Kier alpha value is -2.90. The number of amides is 1. The van der Waals surface area contributed by atoms with Crippen molar-refractivity contribution in [2.45, 2.75) is 34.7 Å². The molecule has 2 aromatic carbocycles. The number of benzene rings is 2. The van der Waals surface area contributed by atoms with Crippen LogP contribution in [-0.2, 0) is 16.3 Å². The molecule has 0 bridgehead atoms. The van der Waals surface area contributed by atoms with E-state index in [-0.39, 0.29) is 15.7 Å². The molecule has 1 aliphatic rings. The molecule has 1 amide bonds. The fourth-order valence-corrected chi connectivity index (χ4v) is 5.13. The maximum absolute atomic E-state index is 12.8. The van der Waals surface area contributed by atoms with Crippen molar-refractivity contribution in [3.05, 3.63) is 84.2 Å². The summed E-state index contributed by atoms with van der Waals surface area (Å²) in [6.07, 6.45) is 5.28. The van der Waals surface area contributed by atoms with Gasteiger partial charge in [0.15, 0.2) is 0 Å². The topological polar surface area (TPSA) is 90.5 Å². The van der Waals surface area contributed by atoms with Gasteiger partial charge in [-0.25, -0.2) is 8.42 Å². The van der Waals surface area contributed by atoms with Gasteiger partial charge < -0.3 is 15.0 Å². The van der Waals surface area contributed by atoms with Gasteiger partial charge in [-0.15, -0.1) is 0 Å². The van der Waals surface area contributed by atoms with E-state index < -0.39 is 15.4 Å². The first-order valence-corrected chi connectivity index (χ1v) is 11.4. The van der Waals surface area contributed by atoms with Gasteiger partial charge in [0.1, 0.15) is 0 Å². The Morgan fingerprint density at radius 3 is 2.20 bits per heavy atom. The molecular weight excluding hydrogens is 400 g/mol. The first kappa shape index (κ1) is 20.4. The van der Waals surface area contributed by atoms with E-state index in [1.54, 1.807) is 47.4 Å². The minimum absolute atomic E-state index is 0.151. The lowest BCUT2D eigenvalue weighted by Gasteiger charge is -2.38. The van der Waals surface area contributed by atoms with Crippen molar-refractivity contribution in [2.75, 3.05) is 13.1 Å². The van der Waals surface area contributed by atoms with Crippen molar-refractivity contribution in [1.29, 1.82) is 0 Å². The van der Waals surface area contributed by atoms with E-state index in [4.69, 9.17) is 0 Å². The molecule has 30 heavy (non-hydrogen) atoms. The van der Waals surface area contributed by atoms with E-state index in [0.29, 0.717) is 37.9 Å². The Morgan fingerprint density at radius 2 is 1.60 bits per heavy atom. The minimum atomic E-state index is -3.61. The molecule has 1 aromatic heterocycles. The number of piperidine rings is 1. The molecule has 0 radical (unpaired) electrons. The fraction of sp³-hybridized carbons (Fsp3) is 0.261. The van der Waals surface area contributed by atoms with Crippen LogP contribution in [0, 0.1) is 0 Å². The fourth-order valence-electron chi connectivity index (χ4n) is 3.85. The number of aromatic amines is 1. The Morgan fingerprint density at radius 1 is 0.967 bits per heavy atom. The number of hydrogen-bond acceptors (Lipinski definition) is 4. The molecule has 0 aliphatic carbocycles. The van der Waals surface area contributed by atoms with Crippen LogP contribution in [-0.4, -0.2) is 48.0 Å². The molecule has 0 saturated carbocycles. The van der Waals surface area contributed by atoms with Crippen LogP contribution in [0.15, 0.2) is 82.8 Å². The van der Waals surface area contributed by atoms with Crippen LogP contribution < -0.4 is 0 Å². The summed E-state index contributed by atoms with van der Waals surface area (Å²) in [6.45, 7) is 0.924. The normalized spacial score (nSPS) is 16.4. The lowest BCUT2D eigenvalue weighted by Crippen LogP contribution is -2.47. The summed E-state index contributed by atoms with van der Waals surface area (Å²) in [4.78, 5) is 17.9. The summed E-state index contributed by atoms with van der Waals surface area (Å²) in [5.74, 6) is -0.151. The highest BCUT2D eigenvalue weighted by atomic mass is 32.2. The van der Waals surface area contributed by atoms with Crippen LogP contribution in [0.25, 0.3) is 0 Å². The van der Waals surface area contributed by atoms with Gasteiger partial charge in [0, 0.05) is 37.5 Å². The Labute approximate surface area is 176 Å². The van der Waals surface area contributed by atoms with Gasteiger partial charge in [-0.05, 0) is 60.9 Å². The minimum Gasteiger partial charge on any atom is -0.389 e. The lowest BCUT2D eigenvalue weighted by molar-refractivity contribution is -0.0162. The van der Waals surface area contributed by atoms with Crippen LogP contribution in [0.5, 0.6) is 0 Å². The number of carbonyl (C=O) groups is 1. The Kier molecular flexibility index (Phi) is 5.49. The number of likely N-dealkylation sites (tertiary alicyclic amines) is 1. The monoisotopic (exact) mass is 424 g/mol. The first-order valence-electron chi connectivity index (χ1n) is 9.91. The number of H-pyrrole nitrogens is 1. The maximum atomic E-state index is 12.8. The summed E-state index contributed by atoms with van der Waals surface area (Å²) in [5, 5.41) is 10.8. The lowest BCUT2D eigenvalue weighted by atomic mass is 9.86. The molecule has 4 rings (SSSR count). The predicted octanol–water partition coefficient (Wildman–Crippen LogP) is 3.06. The van der Waals surface area contributed by atoms with Crippen molar-refractivity contribution in [3.8, 4) is 0 Å². The van der Waals surface area contributed by atoms with E-state index in [1.807, 2.05) is 18.5 Å². The molecule has 0 unspecified atom stereocenters. The molecule has 0 spiro atoms. The summed E-state index contributed by atoms with van der Waals surface area (Å²) < 4.78 is 25.4. The maximum Gasteiger partial charge on any atom is 0.253 e. The standard InChI is InChI=1S/C23H24N2O4S/c26-22(25-14-11-23(27,12-15-25)16-18-10-13-24-17-18)19-6-8-21(9-7-19)30(28,29)20-4-2-1-3-5-20/h1-10,13,17,24,27H,11-12,14-16H2. The van der Waals surface area contributed by atoms with Gasteiger partial charge >= 0.3 is 0 Å². The molecule has 2 N–H and O–H groups in total. The van der Waals surface area contributed by atoms with Gasteiger partial charge in [0.25, 0.3) is 5.91 Å². The SMILES string of the molecule is O=C(c1ccc(S(=O)(=O)c2ccccc2)cc1)N1CCC(O)(Cc2cc[nH]c2)CC1. The molecule has 0 atom stereocenters. The first-order chi connectivity index (χ1) is 14.4. The van der Waals surface area contributed by atoms with Crippen molar-refractivity contribution in [2.24, 2.45) is 0 Å². The number of aromatic nitrogens is 1. The van der Waals surface area contributed by atoms with E-state index in [1.165, 1.54) is 12.1 Å². The summed E-state index contributed by atoms with van der Waals surface area (Å²) in [6, 6.07) is 16.2. The van der Waals surface area contributed by atoms with Gasteiger partial charge in [-0.3, -0.25) is 4.79 Å². The zero-order valence-corrected chi connectivity index (χ0v) is 17.3. The summed E-state index contributed by atoms with van der Waals surface area (Å²) >= 11 is 0. The number of carbonyl (C=O) groups excluding carboxylic acids is 1. The molecule has 1 saturated heterocycles. The smallest absolute Gasteiger partial charge is 0.253 e. The average molecular weight is 425 g/mol. The van der Waals surface area contributed by atoms with Crippen molar-refractivity contribution in [1.82, 2.24) is 9.88 Å². The average Bonchev–Trinajstić information content (AvgIpc) is 3.27. The molecule has 2 heterocycles. The highest BCUT2D eigenvalue weighted by molar-refractivity contribution is 7.91. The van der Waals surface area contributed by atoms with Crippen LogP contribution in [0.3, 0.4) is 0 Å². The van der Waals surface area contributed by atoms with E-state index >= 15 is 0 Å². The van der Waals surface area contributed by atoms with Gasteiger partial charge in [0.2, 0.25) is 9.84 Å². The van der Waals surface area contributed by atoms with Crippen molar-refractivity contribution in [3.63, 3.8) is 0 Å². The van der Waals surface area contributed by atoms with E-state index in [9.17, 15) is 18.3 Å². The number of rotatable bonds is 5. The summed E-state index contributed by atoms with van der Waals surface area (Å²) in [7, 11) is -3.61. The number of sulfone groups is 1. The van der Waals surface area contributed by atoms with Gasteiger partial charge in [-0.2, -0.15) is 0 Å². The third-order valence-electron chi connectivity index (χ3n) is 5.64. The molecule has 7 heteroatoms. The number of nitrogens with one attached hydrogen (secondary N) is 1. The molecular formula is C23H24N2O4S. The zero-order valence-electron chi connectivity index (χ0n) is 16.5. The zero-order chi connectivity index (χ0) is 21.2. The third-order valence-corrected chi connectivity index (χ3v) is 7.43. The van der Waals surface area contributed by atoms with Crippen LogP contribution in [0.1, 0.15) is 28.8 Å². The predicted molar refractivity (Wildman–Crippen MR) is 113 cm³/mol. The van der Waals surface area contributed by atoms with Gasteiger partial charge in [0.05, 0.1) is 15.4 Å². The van der Waals surface area contributed by atoms with Crippen LogP contribution >= 0.6 is 0 Å². The molecule has 156 valence electrons. The second kappa shape index (κ2) is 8.08. The van der Waals surface area contributed by atoms with Crippen LogP contribution in [0.2, 0.25) is 0 Å². The largest absolute Gasteiger partial charge is 0.389 e. The van der Waals surface area contributed by atoms with E-state index in [0.717, 1.165) is 5.56 Å². The number of nitrogens with zero attached hydrogens (tertiary/aromatic N) is 1. The summed E-state index contributed by atoms with van der Waals surface area (Å²) in [5.41, 5.74) is 0.678. The molecule has 1 aliphatic heterocycles. The Bertz CT molecular complexity index is 1100. The Balaban J connectivity index is 1.42. The second-order valence-electron chi connectivity index (χ2n) is 7.75. The highest BCUT2D eigenvalue weighted by Crippen LogP contribution is 2.27. The highest BCUT2D eigenvalue weighted by Gasteiger charge is 2.34. The second-order valence-corrected chi connectivity index (χ2v) is 9.70. The molecule has 3 aromatic rings. The molecule has 6 nitrogen and oxygen atoms in total. The van der Waals surface area contributed by atoms with Gasteiger partial charge in [-0.1, -0.05) is 18.2 Å². The number of hydrogen-bond donors (Lipinski definition) is 2. The van der Waals surface area contributed by atoms with Crippen molar-refractivity contribution < 1.29 is 18.3 Å². The van der Waals surface area contributed by atoms with Crippen LogP contribution in [0.4, 0.5) is 0 Å². The third kappa shape index (κ3) is 4.17.